The molecule has 1 aliphatic rings. The van der Waals surface area contributed by atoms with Gasteiger partial charge >= 0.3 is 5.97 Å². The molecule has 1 saturated heterocycles. The van der Waals surface area contributed by atoms with Crippen molar-refractivity contribution < 1.29 is 14.3 Å². The first-order chi connectivity index (χ1) is 10.0. The van der Waals surface area contributed by atoms with Gasteiger partial charge in [-0.15, -0.1) is 11.3 Å². The zero-order valence-corrected chi connectivity index (χ0v) is 13.5. The van der Waals surface area contributed by atoms with Crippen LogP contribution in [0, 0.1) is 12.8 Å². The third kappa shape index (κ3) is 3.83. The normalized spacial score (nSPS) is 21.9. The first kappa shape index (κ1) is 16.0. The molecule has 1 aromatic rings. The summed E-state index contributed by atoms with van der Waals surface area (Å²) in [6, 6.07) is 1.56. The van der Waals surface area contributed by atoms with Crippen LogP contribution < -0.4 is 10.6 Å². The summed E-state index contributed by atoms with van der Waals surface area (Å²) in [5.74, 6) is -0.165. The predicted octanol–water partition coefficient (Wildman–Crippen LogP) is 2.56. The molecule has 6 heteroatoms. The van der Waals surface area contributed by atoms with E-state index in [4.69, 9.17) is 4.74 Å². The Balaban J connectivity index is 2.11. The molecule has 5 nitrogen and oxygen atoms in total. The van der Waals surface area contributed by atoms with Gasteiger partial charge in [0, 0.05) is 4.88 Å². The Morgan fingerprint density at radius 1 is 1.52 bits per heavy atom. The number of piperidine rings is 1. The van der Waals surface area contributed by atoms with Crippen LogP contribution in [-0.2, 0) is 9.53 Å². The van der Waals surface area contributed by atoms with E-state index in [0.29, 0.717) is 23.1 Å². The number of nitrogens with one attached hydrogen (secondary N) is 2. The van der Waals surface area contributed by atoms with Crippen molar-refractivity contribution in [1.29, 1.82) is 0 Å². The van der Waals surface area contributed by atoms with Gasteiger partial charge in [0.25, 0.3) is 0 Å². The number of amides is 1. The van der Waals surface area contributed by atoms with E-state index in [0.717, 1.165) is 24.3 Å². The van der Waals surface area contributed by atoms with Crippen LogP contribution in [0.2, 0.25) is 0 Å². The van der Waals surface area contributed by atoms with Crippen molar-refractivity contribution in [2.45, 2.75) is 39.7 Å². The second kappa shape index (κ2) is 7.04. The average molecular weight is 310 g/mol. The highest BCUT2D eigenvalue weighted by Crippen LogP contribution is 2.29. The number of esters is 1. The highest BCUT2D eigenvalue weighted by atomic mass is 32.1. The molecular weight excluding hydrogens is 288 g/mol. The van der Waals surface area contributed by atoms with Gasteiger partial charge < -0.3 is 15.4 Å². The third-order valence-electron chi connectivity index (χ3n) is 3.64. The molecule has 1 aromatic heterocycles. The lowest BCUT2D eigenvalue weighted by Gasteiger charge is -2.28. The van der Waals surface area contributed by atoms with Gasteiger partial charge in [-0.2, -0.15) is 0 Å². The minimum absolute atomic E-state index is 0.0744. The summed E-state index contributed by atoms with van der Waals surface area (Å²) in [5, 5.41) is 6.71. The summed E-state index contributed by atoms with van der Waals surface area (Å²) in [6.07, 6.45) is 2.14. The predicted molar refractivity (Wildman–Crippen MR) is 83.8 cm³/mol. The lowest BCUT2D eigenvalue weighted by Crippen LogP contribution is -2.48. The molecule has 2 N–H and O–H groups in total. The van der Waals surface area contributed by atoms with E-state index in [1.54, 1.807) is 13.0 Å². The van der Waals surface area contributed by atoms with Crippen molar-refractivity contribution in [3.05, 3.63) is 16.5 Å². The van der Waals surface area contributed by atoms with Crippen molar-refractivity contribution in [3.63, 3.8) is 0 Å². The van der Waals surface area contributed by atoms with E-state index in [-0.39, 0.29) is 17.9 Å². The molecule has 0 radical (unpaired) electrons. The number of anilines is 1. The molecule has 0 saturated carbocycles. The van der Waals surface area contributed by atoms with E-state index in [1.807, 2.05) is 6.92 Å². The topological polar surface area (TPSA) is 67.4 Å². The van der Waals surface area contributed by atoms with Crippen molar-refractivity contribution in [2.24, 2.45) is 5.92 Å². The molecule has 2 heterocycles. The summed E-state index contributed by atoms with van der Waals surface area (Å²) >= 11 is 1.40. The fraction of sp³-hybridized carbons (Fsp3) is 0.600. The molecule has 0 aliphatic carbocycles. The number of ether oxygens (including phenoxy) is 1. The summed E-state index contributed by atoms with van der Waals surface area (Å²) in [7, 11) is 0. The van der Waals surface area contributed by atoms with Crippen molar-refractivity contribution in [2.75, 3.05) is 18.5 Å². The highest BCUT2D eigenvalue weighted by molar-refractivity contribution is 7.16. The number of thiophene rings is 1. The van der Waals surface area contributed by atoms with Gasteiger partial charge in [-0.05, 0) is 45.2 Å². The molecular formula is C15H22N2O3S. The molecule has 0 aromatic carbocycles. The molecule has 1 aliphatic heterocycles. The van der Waals surface area contributed by atoms with Gasteiger partial charge in [-0.1, -0.05) is 6.92 Å². The first-order valence-corrected chi connectivity index (χ1v) is 8.16. The minimum Gasteiger partial charge on any atom is -0.462 e. The Hall–Kier alpha value is -1.40. The highest BCUT2D eigenvalue weighted by Gasteiger charge is 2.28. The maximum Gasteiger partial charge on any atom is 0.341 e. The van der Waals surface area contributed by atoms with Gasteiger partial charge in [0.2, 0.25) is 5.91 Å². The van der Waals surface area contributed by atoms with Crippen LogP contribution in [0.5, 0.6) is 0 Å². The Kier molecular flexibility index (Phi) is 5.36. The Morgan fingerprint density at radius 3 is 2.95 bits per heavy atom. The maximum absolute atomic E-state index is 12.4. The van der Waals surface area contributed by atoms with Gasteiger partial charge in [0.15, 0.2) is 0 Å². The van der Waals surface area contributed by atoms with Gasteiger partial charge in [0.05, 0.1) is 18.2 Å². The van der Waals surface area contributed by atoms with Crippen molar-refractivity contribution in [3.8, 4) is 0 Å². The first-order valence-electron chi connectivity index (χ1n) is 7.34. The second-order valence-electron chi connectivity index (χ2n) is 5.36. The fourth-order valence-electron chi connectivity index (χ4n) is 2.56. The number of hydrogen-bond donors (Lipinski definition) is 2. The van der Waals surface area contributed by atoms with Crippen LogP contribution in [0.4, 0.5) is 5.00 Å². The SMILES string of the molecule is CCOC(=O)c1cc(C)sc1NC(=O)C1NCCCC1C. The summed E-state index contributed by atoms with van der Waals surface area (Å²) in [5.41, 5.74) is 0.441. The monoisotopic (exact) mass is 310 g/mol. The summed E-state index contributed by atoms with van der Waals surface area (Å²) in [6.45, 7) is 6.93. The molecule has 0 bridgehead atoms. The van der Waals surface area contributed by atoms with Crippen LogP contribution in [0.3, 0.4) is 0 Å². The molecule has 1 fully saturated rings. The van der Waals surface area contributed by atoms with Crippen LogP contribution >= 0.6 is 11.3 Å². The zero-order valence-electron chi connectivity index (χ0n) is 12.7. The Labute approximate surface area is 129 Å². The van der Waals surface area contributed by atoms with Crippen LogP contribution in [-0.4, -0.2) is 31.1 Å². The number of rotatable bonds is 4. The Bertz CT molecular complexity index is 527. The van der Waals surface area contributed by atoms with Crippen LogP contribution in [0.1, 0.15) is 41.9 Å². The Morgan fingerprint density at radius 2 is 2.29 bits per heavy atom. The number of hydrogen-bond acceptors (Lipinski definition) is 5. The van der Waals surface area contributed by atoms with Crippen LogP contribution in [0.15, 0.2) is 6.07 Å². The average Bonchev–Trinajstić information content (AvgIpc) is 2.80. The number of carbonyl (C=O) groups excluding carboxylic acids is 2. The van der Waals surface area contributed by atoms with E-state index < -0.39 is 0 Å². The number of carbonyl (C=O) groups is 2. The largest absolute Gasteiger partial charge is 0.462 e. The molecule has 2 rings (SSSR count). The van der Waals surface area contributed by atoms with E-state index in [1.165, 1.54) is 11.3 Å². The molecule has 21 heavy (non-hydrogen) atoms. The summed E-state index contributed by atoms with van der Waals surface area (Å²) in [4.78, 5) is 25.3. The van der Waals surface area contributed by atoms with Crippen molar-refractivity contribution >= 4 is 28.2 Å². The second-order valence-corrected chi connectivity index (χ2v) is 6.62. The van der Waals surface area contributed by atoms with E-state index in [2.05, 4.69) is 17.6 Å². The van der Waals surface area contributed by atoms with E-state index >= 15 is 0 Å². The van der Waals surface area contributed by atoms with Crippen LogP contribution in [0.25, 0.3) is 0 Å². The van der Waals surface area contributed by atoms with E-state index in [9.17, 15) is 9.59 Å². The summed E-state index contributed by atoms with van der Waals surface area (Å²) < 4.78 is 5.03. The lowest BCUT2D eigenvalue weighted by atomic mass is 9.92. The number of aryl methyl sites for hydroxylation is 1. The lowest BCUT2D eigenvalue weighted by molar-refractivity contribution is -0.119. The van der Waals surface area contributed by atoms with Crippen molar-refractivity contribution in [1.82, 2.24) is 5.32 Å². The quantitative estimate of drug-likeness (QED) is 0.839. The molecule has 2 unspecified atom stereocenters. The third-order valence-corrected chi connectivity index (χ3v) is 4.61. The molecule has 0 spiro atoms. The molecule has 2 atom stereocenters. The van der Waals surface area contributed by atoms with Gasteiger partial charge in [0.1, 0.15) is 5.00 Å². The van der Waals surface area contributed by atoms with Gasteiger partial charge in [-0.3, -0.25) is 4.79 Å². The molecule has 116 valence electrons. The minimum atomic E-state index is -0.387. The zero-order chi connectivity index (χ0) is 15.4. The fourth-order valence-corrected chi connectivity index (χ4v) is 3.46. The van der Waals surface area contributed by atoms with Gasteiger partial charge in [-0.25, -0.2) is 4.79 Å². The smallest absolute Gasteiger partial charge is 0.341 e. The standard InChI is InChI=1S/C15H22N2O3S/c1-4-20-15(19)11-8-10(3)21-14(11)17-13(18)12-9(2)6-5-7-16-12/h8-9,12,16H,4-7H2,1-3H3,(H,17,18). The molecule has 1 amide bonds. The maximum atomic E-state index is 12.4.